The zero-order valence-electron chi connectivity index (χ0n) is 14.0. The first-order valence-corrected chi connectivity index (χ1v) is 9.19. The summed E-state index contributed by atoms with van der Waals surface area (Å²) in [5.41, 5.74) is 8.58. The van der Waals surface area contributed by atoms with Crippen LogP contribution < -0.4 is 5.73 Å². The first-order valence-electron chi connectivity index (χ1n) is 8.21. The Morgan fingerprint density at radius 3 is 2.59 bits per heavy atom. The Hall–Kier alpha value is -1.00. The van der Waals surface area contributed by atoms with Crippen molar-refractivity contribution in [3.63, 3.8) is 0 Å². The molecule has 1 aromatic carbocycles. The van der Waals surface area contributed by atoms with Gasteiger partial charge in [0.15, 0.2) is 0 Å². The fraction of sp³-hybridized carbons (Fsp3) is 0.611. The topological polar surface area (TPSA) is 46.3 Å². The largest absolute Gasteiger partial charge is 0.343 e. The van der Waals surface area contributed by atoms with Crippen LogP contribution in [0.1, 0.15) is 37.3 Å². The monoisotopic (exact) mass is 320 g/mol. The molecule has 1 unspecified atom stereocenters. The molecule has 0 radical (unpaired) electrons. The number of likely N-dealkylation sites (tertiary alicyclic amines) is 1. The number of hydrogen-bond acceptors (Lipinski definition) is 3. The first kappa shape index (κ1) is 17.4. The number of aryl methyl sites for hydroxylation is 2. The standard InChI is InChI=1S/C18H28N2OS/c1-13-4-5-17(12-14(13)2)22-11-8-18(21)20-9-6-16(7-10-20)15(3)19/h4-5,12,15-16H,6-11,19H2,1-3H3. The van der Waals surface area contributed by atoms with Crippen molar-refractivity contribution in [2.24, 2.45) is 11.7 Å². The number of nitrogens with two attached hydrogens (primary N) is 1. The van der Waals surface area contributed by atoms with E-state index < -0.39 is 0 Å². The maximum Gasteiger partial charge on any atom is 0.223 e. The number of piperidine rings is 1. The van der Waals surface area contributed by atoms with Crippen molar-refractivity contribution < 1.29 is 4.79 Å². The summed E-state index contributed by atoms with van der Waals surface area (Å²) < 4.78 is 0. The molecule has 4 heteroatoms. The van der Waals surface area contributed by atoms with E-state index >= 15 is 0 Å². The molecular formula is C18H28N2OS. The van der Waals surface area contributed by atoms with Crippen molar-refractivity contribution in [1.29, 1.82) is 0 Å². The molecule has 1 fully saturated rings. The van der Waals surface area contributed by atoms with E-state index in [0.29, 0.717) is 18.2 Å². The van der Waals surface area contributed by atoms with Gasteiger partial charge in [-0.1, -0.05) is 6.07 Å². The summed E-state index contributed by atoms with van der Waals surface area (Å²) in [6.07, 6.45) is 2.72. The number of rotatable bonds is 5. The molecule has 1 aliphatic rings. The molecule has 1 amide bonds. The van der Waals surface area contributed by atoms with Crippen LogP contribution in [0.3, 0.4) is 0 Å². The normalized spacial score (nSPS) is 17.5. The van der Waals surface area contributed by atoms with E-state index in [0.717, 1.165) is 31.7 Å². The van der Waals surface area contributed by atoms with Crippen LogP contribution in [-0.4, -0.2) is 35.7 Å². The number of hydrogen-bond donors (Lipinski definition) is 1. The summed E-state index contributed by atoms with van der Waals surface area (Å²) >= 11 is 1.77. The second kappa shape index (κ2) is 8.02. The lowest BCUT2D eigenvalue weighted by Gasteiger charge is -2.33. The second-order valence-corrected chi connectivity index (χ2v) is 7.59. The number of benzene rings is 1. The summed E-state index contributed by atoms with van der Waals surface area (Å²) in [7, 11) is 0. The van der Waals surface area contributed by atoms with E-state index in [1.165, 1.54) is 16.0 Å². The van der Waals surface area contributed by atoms with Crippen molar-refractivity contribution in [1.82, 2.24) is 4.90 Å². The first-order chi connectivity index (χ1) is 10.5. The zero-order chi connectivity index (χ0) is 16.1. The third-order valence-electron chi connectivity index (χ3n) is 4.70. The van der Waals surface area contributed by atoms with Crippen LogP contribution in [0.5, 0.6) is 0 Å². The maximum absolute atomic E-state index is 12.3. The highest BCUT2D eigenvalue weighted by molar-refractivity contribution is 7.99. The number of nitrogens with zero attached hydrogens (tertiary/aromatic N) is 1. The number of thioether (sulfide) groups is 1. The Morgan fingerprint density at radius 1 is 1.32 bits per heavy atom. The van der Waals surface area contributed by atoms with Gasteiger partial charge < -0.3 is 10.6 Å². The Morgan fingerprint density at radius 2 is 2.00 bits per heavy atom. The number of amides is 1. The summed E-state index contributed by atoms with van der Waals surface area (Å²) in [6.45, 7) is 8.08. The van der Waals surface area contributed by atoms with Gasteiger partial charge in [0, 0.05) is 36.2 Å². The minimum atomic E-state index is 0.248. The van der Waals surface area contributed by atoms with Crippen LogP contribution in [0.4, 0.5) is 0 Å². The molecule has 1 heterocycles. The van der Waals surface area contributed by atoms with Crippen molar-refractivity contribution in [3.8, 4) is 0 Å². The van der Waals surface area contributed by atoms with E-state index in [9.17, 15) is 4.79 Å². The average Bonchev–Trinajstić information content (AvgIpc) is 2.51. The van der Waals surface area contributed by atoms with Crippen LogP contribution >= 0.6 is 11.8 Å². The molecule has 1 atom stereocenters. The molecule has 1 aliphatic heterocycles. The molecular weight excluding hydrogens is 292 g/mol. The van der Waals surface area contributed by atoms with Crippen LogP contribution in [0, 0.1) is 19.8 Å². The van der Waals surface area contributed by atoms with Crippen LogP contribution in [-0.2, 0) is 4.79 Å². The van der Waals surface area contributed by atoms with Crippen LogP contribution in [0.15, 0.2) is 23.1 Å². The number of carbonyl (C=O) groups excluding carboxylic acids is 1. The zero-order valence-corrected chi connectivity index (χ0v) is 14.8. The highest BCUT2D eigenvalue weighted by Gasteiger charge is 2.24. The summed E-state index contributed by atoms with van der Waals surface area (Å²) in [6, 6.07) is 6.75. The van der Waals surface area contributed by atoms with Gasteiger partial charge in [-0.3, -0.25) is 4.79 Å². The molecule has 0 bridgehead atoms. The predicted octanol–water partition coefficient (Wildman–Crippen LogP) is 3.37. The van der Waals surface area contributed by atoms with E-state index in [4.69, 9.17) is 5.73 Å². The molecule has 1 saturated heterocycles. The van der Waals surface area contributed by atoms with Crippen molar-refractivity contribution in [2.45, 2.75) is 51.0 Å². The van der Waals surface area contributed by atoms with Crippen molar-refractivity contribution in [3.05, 3.63) is 29.3 Å². The second-order valence-electron chi connectivity index (χ2n) is 6.42. The fourth-order valence-corrected chi connectivity index (χ4v) is 3.83. The van der Waals surface area contributed by atoms with E-state index in [1.807, 2.05) is 4.90 Å². The molecule has 2 rings (SSSR count). The molecule has 2 N–H and O–H groups in total. The van der Waals surface area contributed by atoms with E-state index in [1.54, 1.807) is 11.8 Å². The Balaban J connectivity index is 1.73. The summed E-state index contributed by atoms with van der Waals surface area (Å²) in [5.74, 6) is 1.72. The molecule has 0 aliphatic carbocycles. The van der Waals surface area contributed by atoms with Gasteiger partial charge in [0.05, 0.1) is 0 Å². The lowest BCUT2D eigenvalue weighted by atomic mass is 9.91. The third-order valence-corrected chi connectivity index (χ3v) is 5.69. The molecule has 0 saturated carbocycles. The molecule has 1 aromatic rings. The molecule has 3 nitrogen and oxygen atoms in total. The van der Waals surface area contributed by atoms with Gasteiger partial charge in [0.2, 0.25) is 5.91 Å². The van der Waals surface area contributed by atoms with E-state index in [2.05, 4.69) is 39.0 Å². The van der Waals surface area contributed by atoms with Crippen molar-refractivity contribution >= 4 is 17.7 Å². The lowest BCUT2D eigenvalue weighted by molar-refractivity contribution is -0.132. The van der Waals surface area contributed by atoms with Crippen molar-refractivity contribution in [2.75, 3.05) is 18.8 Å². The minimum Gasteiger partial charge on any atom is -0.343 e. The summed E-state index contributed by atoms with van der Waals surface area (Å²) in [4.78, 5) is 15.5. The van der Waals surface area contributed by atoms with Gasteiger partial charge in [-0.25, -0.2) is 0 Å². The van der Waals surface area contributed by atoms with Gasteiger partial charge >= 0.3 is 0 Å². The maximum atomic E-state index is 12.3. The minimum absolute atomic E-state index is 0.248. The highest BCUT2D eigenvalue weighted by Crippen LogP contribution is 2.23. The average molecular weight is 321 g/mol. The SMILES string of the molecule is Cc1ccc(SCCC(=O)N2CCC(C(C)N)CC2)cc1C. The molecule has 0 aromatic heterocycles. The Labute approximate surface area is 138 Å². The van der Waals surface area contributed by atoms with Gasteiger partial charge in [-0.05, 0) is 62.8 Å². The van der Waals surface area contributed by atoms with Gasteiger partial charge in [0.25, 0.3) is 0 Å². The van der Waals surface area contributed by atoms with Crippen LogP contribution in [0.25, 0.3) is 0 Å². The van der Waals surface area contributed by atoms with Gasteiger partial charge in [0.1, 0.15) is 0 Å². The number of carbonyl (C=O) groups is 1. The third kappa shape index (κ3) is 4.75. The smallest absolute Gasteiger partial charge is 0.223 e. The summed E-state index contributed by atoms with van der Waals surface area (Å²) in [5, 5.41) is 0. The molecule has 122 valence electrons. The fourth-order valence-electron chi connectivity index (χ4n) is 2.89. The van der Waals surface area contributed by atoms with E-state index in [-0.39, 0.29) is 6.04 Å². The predicted molar refractivity (Wildman–Crippen MR) is 94.2 cm³/mol. The molecule has 22 heavy (non-hydrogen) atoms. The van der Waals surface area contributed by atoms with Gasteiger partial charge in [-0.2, -0.15) is 0 Å². The Bertz CT molecular complexity index is 508. The molecule has 0 spiro atoms. The quantitative estimate of drug-likeness (QED) is 0.846. The van der Waals surface area contributed by atoms with Gasteiger partial charge in [-0.15, -0.1) is 11.8 Å². The highest BCUT2D eigenvalue weighted by atomic mass is 32.2. The van der Waals surface area contributed by atoms with Crippen LogP contribution in [0.2, 0.25) is 0 Å². The Kier molecular flexibility index (Phi) is 6.33. The lowest BCUT2D eigenvalue weighted by Crippen LogP contribution is -2.42.